The summed E-state index contributed by atoms with van der Waals surface area (Å²) in [5.74, 6) is -1.39. The van der Waals surface area contributed by atoms with Crippen molar-refractivity contribution in [2.75, 3.05) is 7.11 Å². The van der Waals surface area contributed by atoms with Gasteiger partial charge < -0.3 is 9.47 Å². The number of carbonyl (C=O) groups excluding carboxylic acids is 2. The molecular weight excluding hydrogens is 406 g/mol. The fraction of sp³-hybridized carbons (Fsp3) is 0.182. The molecule has 0 heterocycles. The SMILES string of the molecule is COC(=O)c1cc2ccccc2cc1OC(=O)c1cccc(S(=O)(=O)NC2CC2)c1. The van der Waals surface area contributed by atoms with Crippen molar-refractivity contribution >= 4 is 32.7 Å². The highest BCUT2D eigenvalue weighted by Crippen LogP contribution is 2.28. The molecule has 0 radical (unpaired) electrons. The topological polar surface area (TPSA) is 98.8 Å². The fourth-order valence-electron chi connectivity index (χ4n) is 3.01. The van der Waals surface area contributed by atoms with E-state index in [1.165, 1.54) is 31.4 Å². The van der Waals surface area contributed by atoms with Crippen molar-refractivity contribution in [2.45, 2.75) is 23.8 Å². The number of nitrogens with one attached hydrogen (secondary N) is 1. The van der Waals surface area contributed by atoms with Crippen LogP contribution in [0.3, 0.4) is 0 Å². The van der Waals surface area contributed by atoms with Crippen molar-refractivity contribution < 1.29 is 27.5 Å². The minimum absolute atomic E-state index is 0.0180. The molecule has 0 aromatic heterocycles. The van der Waals surface area contributed by atoms with Crippen LogP contribution in [0, 0.1) is 0 Å². The van der Waals surface area contributed by atoms with E-state index in [0.29, 0.717) is 0 Å². The lowest BCUT2D eigenvalue weighted by Crippen LogP contribution is -2.26. The number of fused-ring (bicyclic) bond motifs is 1. The Morgan fingerprint density at radius 2 is 1.63 bits per heavy atom. The Hall–Kier alpha value is -3.23. The average Bonchev–Trinajstić information content (AvgIpc) is 3.56. The third-order valence-corrected chi connectivity index (χ3v) is 6.25. The fourth-order valence-corrected chi connectivity index (χ4v) is 4.36. The van der Waals surface area contributed by atoms with Crippen LogP contribution in [0.5, 0.6) is 5.75 Å². The Morgan fingerprint density at radius 3 is 2.30 bits per heavy atom. The van der Waals surface area contributed by atoms with E-state index in [-0.39, 0.29) is 27.8 Å². The van der Waals surface area contributed by atoms with Crippen LogP contribution in [-0.2, 0) is 14.8 Å². The average molecular weight is 425 g/mol. The third kappa shape index (κ3) is 4.19. The monoisotopic (exact) mass is 425 g/mol. The van der Waals surface area contributed by atoms with Crippen molar-refractivity contribution in [3.05, 3.63) is 71.8 Å². The van der Waals surface area contributed by atoms with Gasteiger partial charge in [0.05, 0.1) is 17.6 Å². The lowest BCUT2D eigenvalue weighted by molar-refractivity contribution is 0.0593. The maximum absolute atomic E-state index is 12.7. The summed E-state index contributed by atoms with van der Waals surface area (Å²) >= 11 is 0. The van der Waals surface area contributed by atoms with Crippen molar-refractivity contribution in [3.63, 3.8) is 0 Å². The van der Waals surface area contributed by atoms with Crippen LogP contribution in [0.25, 0.3) is 10.8 Å². The summed E-state index contributed by atoms with van der Waals surface area (Å²) in [6, 6.07) is 16.0. The first-order chi connectivity index (χ1) is 14.4. The summed E-state index contributed by atoms with van der Waals surface area (Å²) in [4.78, 5) is 24.9. The number of methoxy groups -OCH3 is 1. The number of esters is 2. The van der Waals surface area contributed by atoms with Gasteiger partial charge in [-0.2, -0.15) is 0 Å². The number of carbonyl (C=O) groups is 2. The molecule has 7 nitrogen and oxygen atoms in total. The molecule has 1 aliphatic carbocycles. The van der Waals surface area contributed by atoms with Gasteiger partial charge in [0.25, 0.3) is 0 Å². The number of sulfonamides is 1. The van der Waals surface area contributed by atoms with Gasteiger partial charge in [0.2, 0.25) is 10.0 Å². The highest BCUT2D eigenvalue weighted by Gasteiger charge is 2.28. The summed E-state index contributed by atoms with van der Waals surface area (Å²) in [5, 5.41) is 1.56. The molecule has 0 bridgehead atoms. The van der Waals surface area contributed by atoms with Gasteiger partial charge in [0.15, 0.2) is 0 Å². The second-order valence-corrected chi connectivity index (χ2v) is 8.71. The number of benzene rings is 3. The Morgan fingerprint density at radius 1 is 0.933 bits per heavy atom. The molecule has 3 aromatic carbocycles. The minimum atomic E-state index is -3.71. The Balaban J connectivity index is 1.66. The maximum atomic E-state index is 12.7. The molecule has 30 heavy (non-hydrogen) atoms. The van der Waals surface area contributed by atoms with Crippen LogP contribution in [0.15, 0.2) is 65.6 Å². The van der Waals surface area contributed by atoms with E-state index in [2.05, 4.69) is 4.72 Å². The van der Waals surface area contributed by atoms with Crippen LogP contribution in [0.1, 0.15) is 33.6 Å². The van der Waals surface area contributed by atoms with Crippen molar-refractivity contribution in [1.82, 2.24) is 4.72 Å². The summed E-state index contributed by atoms with van der Waals surface area (Å²) in [5.41, 5.74) is 0.154. The zero-order valence-corrected chi connectivity index (χ0v) is 16.9. The lowest BCUT2D eigenvalue weighted by atomic mass is 10.1. The Labute approximate surface area is 173 Å². The zero-order valence-electron chi connectivity index (χ0n) is 16.1. The van der Waals surface area contributed by atoms with Gasteiger partial charge in [-0.25, -0.2) is 22.7 Å². The van der Waals surface area contributed by atoms with E-state index >= 15 is 0 Å². The van der Waals surface area contributed by atoms with Crippen molar-refractivity contribution in [3.8, 4) is 5.75 Å². The molecule has 1 aliphatic rings. The van der Waals surface area contributed by atoms with Crippen molar-refractivity contribution in [2.24, 2.45) is 0 Å². The van der Waals surface area contributed by atoms with E-state index in [1.54, 1.807) is 12.1 Å². The number of hydrogen-bond donors (Lipinski definition) is 1. The number of hydrogen-bond acceptors (Lipinski definition) is 6. The van der Waals surface area contributed by atoms with Gasteiger partial charge in [0.1, 0.15) is 11.3 Å². The minimum Gasteiger partial charge on any atom is -0.465 e. The van der Waals surface area contributed by atoms with Crippen molar-refractivity contribution in [1.29, 1.82) is 0 Å². The molecule has 3 aromatic rings. The van der Waals surface area contributed by atoms with Crippen LogP contribution in [0.4, 0.5) is 0 Å². The molecule has 1 N–H and O–H groups in total. The van der Waals surface area contributed by atoms with Gasteiger partial charge in [-0.05, 0) is 53.9 Å². The largest absolute Gasteiger partial charge is 0.465 e. The third-order valence-electron chi connectivity index (χ3n) is 4.74. The summed E-state index contributed by atoms with van der Waals surface area (Å²) in [6.07, 6.45) is 1.61. The smallest absolute Gasteiger partial charge is 0.343 e. The molecule has 0 unspecified atom stereocenters. The van der Waals surface area contributed by atoms with E-state index in [4.69, 9.17) is 9.47 Å². The molecule has 154 valence electrons. The zero-order chi connectivity index (χ0) is 21.3. The standard InChI is InChI=1S/C22H19NO6S/c1-28-22(25)19-12-14-5-2-3-6-15(14)13-20(19)29-21(24)16-7-4-8-18(11-16)30(26,27)23-17-9-10-17/h2-8,11-13,17,23H,9-10H2,1H3. The van der Waals surface area contributed by atoms with Gasteiger partial charge in [-0.1, -0.05) is 30.3 Å². The molecule has 1 saturated carbocycles. The first kappa shape index (κ1) is 20.1. The molecule has 1 fully saturated rings. The number of ether oxygens (including phenoxy) is 2. The van der Waals surface area contributed by atoms with Gasteiger partial charge in [0, 0.05) is 6.04 Å². The molecule has 0 saturated heterocycles. The van der Waals surface area contributed by atoms with Gasteiger partial charge in [-0.3, -0.25) is 0 Å². The van der Waals surface area contributed by atoms with E-state index in [1.807, 2.05) is 24.3 Å². The van der Waals surface area contributed by atoms with Crippen LogP contribution in [-0.4, -0.2) is 33.5 Å². The second kappa shape index (κ2) is 7.89. The molecule has 0 aliphatic heterocycles. The van der Waals surface area contributed by atoms with Crippen LogP contribution in [0.2, 0.25) is 0 Å². The van der Waals surface area contributed by atoms with Gasteiger partial charge >= 0.3 is 11.9 Å². The highest BCUT2D eigenvalue weighted by molar-refractivity contribution is 7.89. The first-order valence-corrected chi connectivity index (χ1v) is 10.8. The first-order valence-electron chi connectivity index (χ1n) is 9.33. The highest BCUT2D eigenvalue weighted by atomic mass is 32.2. The van der Waals surface area contributed by atoms with Crippen LogP contribution < -0.4 is 9.46 Å². The summed E-state index contributed by atoms with van der Waals surface area (Å²) in [7, 11) is -2.47. The summed E-state index contributed by atoms with van der Waals surface area (Å²) in [6.45, 7) is 0. The van der Waals surface area contributed by atoms with Crippen LogP contribution >= 0.6 is 0 Å². The molecule has 0 amide bonds. The predicted octanol–water partition coefficient (Wildman–Crippen LogP) is 3.29. The lowest BCUT2D eigenvalue weighted by Gasteiger charge is -2.11. The summed E-state index contributed by atoms with van der Waals surface area (Å²) < 4.78 is 37.7. The predicted molar refractivity (Wildman–Crippen MR) is 110 cm³/mol. The normalized spacial score (nSPS) is 13.8. The molecular formula is C22H19NO6S. The molecule has 8 heteroatoms. The Kier molecular flexibility index (Phi) is 5.27. The molecule has 0 atom stereocenters. The van der Waals surface area contributed by atoms with E-state index < -0.39 is 22.0 Å². The van der Waals surface area contributed by atoms with Gasteiger partial charge in [-0.15, -0.1) is 0 Å². The Bertz CT molecular complexity index is 1250. The van der Waals surface area contributed by atoms with E-state index in [9.17, 15) is 18.0 Å². The maximum Gasteiger partial charge on any atom is 0.343 e. The van der Waals surface area contributed by atoms with E-state index in [0.717, 1.165) is 23.6 Å². The molecule has 0 spiro atoms. The second-order valence-electron chi connectivity index (χ2n) is 7.00. The molecule has 4 rings (SSSR count). The quantitative estimate of drug-likeness (QED) is 0.481. The number of rotatable bonds is 6.